The van der Waals surface area contributed by atoms with Crippen molar-refractivity contribution in [3.05, 3.63) is 46.0 Å². The van der Waals surface area contributed by atoms with Crippen LogP contribution in [-0.2, 0) is 0 Å². The minimum atomic E-state index is 0.238. The van der Waals surface area contributed by atoms with E-state index in [2.05, 4.69) is 24.4 Å². The van der Waals surface area contributed by atoms with Gasteiger partial charge >= 0.3 is 0 Å². The molecule has 1 aromatic carbocycles. The molecule has 0 amide bonds. The van der Waals surface area contributed by atoms with Crippen molar-refractivity contribution in [2.24, 2.45) is 5.92 Å². The Hall–Kier alpha value is -0.500. The Kier molecular flexibility index (Phi) is 5.11. The predicted molar refractivity (Wildman–Crippen MR) is 79.4 cm³/mol. The van der Waals surface area contributed by atoms with E-state index in [1.807, 2.05) is 18.2 Å². The number of halogens is 2. The van der Waals surface area contributed by atoms with Gasteiger partial charge in [-0.2, -0.15) is 0 Å². The number of rotatable bonds is 4. The molecule has 18 heavy (non-hydrogen) atoms. The van der Waals surface area contributed by atoms with Gasteiger partial charge in [0.15, 0.2) is 0 Å². The molecule has 1 nitrogen and oxygen atoms in total. The van der Waals surface area contributed by atoms with Crippen LogP contribution >= 0.6 is 23.2 Å². The second-order valence-electron chi connectivity index (χ2n) is 4.95. The number of benzene rings is 1. The van der Waals surface area contributed by atoms with Crippen LogP contribution in [-0.4, -0.2) is 6.54 Å². The van der Waals surface area contributed by atoms with Gasteiger partial charge < -0.3 is 5.32 Å². The highest BCUT2D eigenvalue weighted by molar-refractivity contribution is 6.33. The molecule has 0 heterocycles. The summed E-state index contributed by atoms with van der Waals surface area (Å²) in [5.41, 5.74) is 1.08. The van der Waals surface area contributed by atoms with Crippen LogP contribution in [0.5, 0.6) is 0 Å². The van der Waals surface area contributed by atoms with Crippen LogP contribution in [0.1, 0.15) is 37.8 Å². The van der Waals surface area contributed by atoms with Gasteiger partial charge in [-0.15, -0.1) is 0 Å². The first-order valence-corrected chi connectivity index (χ1v) is 7.25. The number of nitrogens with one attached hydrogen (secondary N) is 1. The third kappa shape index (κ3) is 3.74. The van der Waals surface area contributed by atoms with Crippen molar-refractivity contribution in [1.82, 2.24) is 5.32 Å². The van der Waals surface area contributed by atoms with E-state index in [-0.39, 0.29) is 6.04 Å². The smallest absolute Gasteiger partial charge is 0.0454 e. The zero-order valence-corrected chi connectivity index (χ0v) is 12.1. The SMILES string of the molecule is CC(NCC1CC=CCC1)c1cc(Cl)ccc1Cl. The van der Waals surface area contributed by atoms with E-state index < -0.39 is 0 Å². The van der Waals surface area contributed by atoms with Crippen molar-refractivity contribution in [1.29, 1.82) is 0 Å². The Morgan fingerprint density at radius 1 is 1.33 bits per heavy atom. The molecule has 2 atom stereocenters. The van der Waals surface area contributed by atoms with E-state index in [1.54, 1.807) is 0 Å². The molecule has 1 aliphatic rings. The topological polar surface area (TPSA) is 12.0 Å². The maximum absolute atomic E-state index is 6.20. The van der Waals surface area contributed by atoms with Crippen molar-refractivity contribution in [3.8, 4) is 0 Å². The summed E-state index contributed by atoms with van der Waals surface area (Å²) in [6.45, 7) is 3.17. The Morgan fingerprint density at radius 3 is 2.89 bits per heavy atom. The third-order valence-corrected chi connectivity index (χ3v) is 4.09. The van der Waals surface area contributed by atoms with Crippen LogP contribution in [0.25, 0.3) is 0 Å². The van der Waals surface area contributed by atoms with Gasteiger partial charge in [0.1, 0.15) is 0 Å². The molecule has 0 aliphatic heterocycles. The summed E-state index contributed by atoms with van der Waals surface area (Å²) in [6.07, 6.45) is 8.22. The van der Waals surface area contributed by atoms with Gasteiger partial charge in [0, 0.05) is 16.1 Å². The molecule has 2 rings (SSSR count). The largest absolute Gasteiger partial charge is 0.310 e. The zero-order chi connectivity index (χ0) is 13.0. The highest BCUT2D eigenvalue weighted by atomic mass is 35.5. The van der Waals surface area contributed by atoms with Gasteiger partial charge in [0.05, 0.1) is 0 Å². The number of hydrogen-bond donors (Lipinski definition) is 1. The monoisotopic (exact) mass is 283 g/mol. The summed E-state index contributed by atoms with van der Waals surface area (Å²) in [4.78, 5) is 0. The molecule has 3 heteroatoms. The van der Waals surface area contributed by atoms with E-state index in [9.17, 15) is 0 Å². The lowest BCUT2D eigenvalue weighted by Gasteiger charge is -2.22. The molecule has 0 aromatic heterocycles. The maximum atomic E-state index is 6.20. The first-order chi connectivity index (χ1) is 8.66. The Morgan fingerprint density at radius 2 is 2.17 bits per heavy atom. The fourth-order valence-electron chi connectivity index (χ4n) is 2.34. The first kappa shape index (κ1) is 13.9. The fraction of sp³-hybridized carbons (Fsp3) is 0.467. The molecular formula is C15H19Cl2N. The van der Waals surface area contributed by atoms with E-state index >= 15 is 0 Å². The number of allylic oxidation sites excluding steroid dienone is 2. The lowest BCUT2D eigenvalue weighted by atomic mass is 9.94. The fourth-order valence-corrected chi connectivity index (χ4v) is 2.80. The molecule has 1 N–H and O–H groups in total. The summed E-state index contributed by atoms with van der Waals surface area (Å²) in [7, 11) is 0. The lowest BCUT2D eigenvalue weighted by Crippen LogP contribution is -2.26. The molecule has 0 radical (unpaired) electrons. The molecule has 0 spiro atoms. The molecular weight excluding hydrogens is 265 g/mol. The summed E-state index contributed by atoms with van der Waals surface area (Å²) >= 11 is 12.2. The van der Waals surface area contributed by atoms with E-state index in [0.29, 0.717) is 0 Å². The van der Waals surface area contributed by atoms with Gasteiger partial charge in [-0.3, -0.25) is 0 Å². The Balaban J connectivity index is 1.92. The average Bonchev–Trinajstić information content (AvgIpc) is 2.40. The normalized spacial score (nSPS) is 20.9. The van der Waals surface area contributed by atoms with Gasteiger partial charge in [-0.1, -0.05) is 35.4 Å². The van der Waals surface area contributed by atoms with Gasteiger partial charge in [-0.05, 0) is 62.4 Å². The minimum Gasteiger partial charge on any atom is -0.310 e. The zero-order valence-electron chi connectivity index (χ0n) is 10.6. The molecule has 1 aliphatic carbocycles. The summed E-state index contributed by atoms with van der Waals surface area (Å²) in [6, 6.07) is 5.87. The van der Waals surface area contributed by atoms with Crippen molar-refractivity contribution in [3.63, 3.8) is 0 Å². The van der Waals surface area contributed by atoms with Crippen LogP contribution in [0.4, 0.5) is 0 Å². The lowest BCUT2D eigenvalue weighted by molar-refractivity contribution is 0.415. The quantitative estimate of drug-likeness (QED) is 0.767. The van der Waals surface area contributed by atoms with Crippen LogP contribution < -0.4 is 5.32 Å². The highest BCUT2D eigenvalue weighted by Crippen LogP contribution is 2.26. The van der Waals surface area contributed by atoms with Crippen molar-refractivity contribution >= 4 is 23.2 Å². The first-order valence-electron chi connectivity index (χ1n) is 6.50. The van der Waals surface area contributed by atoms with Gasteiger partial charge in [0.25, 0.3) is 0 Å². The predicted octanol–water partition coefficient (Wildman–Crippen LogP) is 5.00. The second-order valence-corrected chi connectivity index (χ2v) is 5.79. The third-order valence-electron chi connectivity index (χ3n) is 3.51. The van der Waals surface area contributed by atoms with E-state index in [1.165, 1.54) is 19.3 Å². The highest BCUT2D eigenvalue weighted by Gasteiger charge is 2.14. The Labute approximate surface area is 119 Å². The molecule has 2 unspecified atom stereocenters. The second kappa shape index (κ2) is 6.60. The van der Waals surface area contributed by atoms with Crippen molar-refractivity contribution in [2.75, 3.05) is 6.54 Å². The molecule has 98 valence electrons. The average molecular weight is 284 g/mol. The van der Waals surface area contributed by atoms with Crippen molar-refractivity contribution in [2.45, 2.75) is 32.2 Å². The van der Waals surface area contributed by atoms with Crippen LogP contribution in [0.3, 0.4) is 0 Å². The minimum absolute atomic E-state index is 0.238. The standard InChI is InChI=1S/C15H19Cl2N/c1-11(14-9-13(16)7-8-15(14)17)18-10-12-5-3-2-4-6-12/h2-3,7-9,11-12,18H,4-6,10H2,1H3. The molecule has 1 aromatic rings. The summed E-state index contributed by atoms with van der Waals surface area (Å²) < 4.78 is 0. The van der Waals surface area contributed by atoms with E-state index in [4.69, 9.17) is 23.2 Å². The van der Waals surface area contributed by atoms with Crippen LogP contribution in [0.15, 0.2) is 30.4 Å². The van der Waals surface area contributed by atoms with Crippen molar-refractivity contribution < 1.29 is 0 Å². The maximum Gasteiger partial charge on any atom is 0.0454 e. The van der Waals surface area contributed by atoms with Crippen LogP contribution in [0, 0.1) is 5.92 Å². The molecule has 0 fully saturated rings. The molecule has 0 bridgehead atoms. The summed E-state index contributed by atoms with van der Waals surface area (Å²) in [5, 5.41) is 5.08. The van der Waals surface area contributed by atoms with Gasteiger partial charge in [0.2, 0.25) is 0 Å². The van der Waals surface area contributed by atoms with Gasteiger partial charge in [-0.25, -0.2) is 0 Å². The van der Waals surface area contributed by atoms with E-state index in [0.717, 1.165) is 28.1 Å². The number of hydrogen-bond acceptors (Lipinski definition) is 1. The Bertz CT molecular complexity index is 429. The van der Waals surface area contributed by atoms with Crippen LogP contribution in [0.2, 0.25) is 10.0 Å². The summed E-state index contributed by atoms with van der Waals surface area (Å²) in [5.74, 6) is 0.746. The molecule has 0 saturated heterocycles. The molecule has 0 saturated carbocycles.